The molecule has 32 heavy (non-hydrogen) atoms. The van der Waals surface area contributed by atoms with Crippen LogP contribution in [0.15, 0.2) is 59.8 Å². The zero-order chi connectivity index (χ0) is 21.7. The third-order valence-corrected chi connectivity index (χ3v) is 26.8. The van der Waals surface area contributed by atoms with Gasteiger partial charge in [0.15, 0.2) is 0 Å². The summed E-state index contributed by atoms with van der Waals surface area (Å²) in [5, 5.41) is 5.59. The number of rotatable bonds is 2. The SMILES string of the molecule is C[Si](C)(C)C1=C[C]2([Zr+2][CH]3C(=C([Si](C)(C)C)c4ccccc43)[Si]2(C)C)c2ccccc21.[Cl-].[Cl-]. The molecule has 168 valence electrons. The van der Waals surface area contributed by atoms with Crippen LogP contribution in [0.3, 0.4) is 0 Å². The van der Waals surface area contributed by atoms with Crippen LogP contribution in [0.25, 0.3) is 10.4 Å². The molecule has 1 aliphatic heterocycles. The molecule has 5 rings (SSSR count). The molecule has 1 heterocycles. The Morgan fingerprint density at radius 3 is 1.94 bits per heavy atom. The van der Waals surface area contributed by atoms with Gasteiger partial charge in [0.2, 0.25) is 0 Å². The van der Waals surface area contributed by atoms with Crippen molar-refractivity contribution < 1.29 is 48.0 Å². The number of allylic oxidation sites excluding steroid dienone is 2. The van der Waals surface area contributed by atoms with E-state index in [2.05, 4.69) is 107 Å². The van der Waals surface area contributed by atoms with Gasteiger partial charge in [-0.1, -0.05) is 0 Å². The Kier molecular flexibility index (Phi) is 6.92. The Bertz CT molecular complexity index is 1140. The Balaban J connectivity index is 0.00000144. The van der Waals surface area contributed by atoms with Crippen molar-refractivity contribution in [1.29, 1.82) is 0 Å². The van der Waals surface area contributed by atoms with Crippen LogP contribution in [0.2, 0.25) is 52.4 Å². The fraction of sp³-hybridized carbons (Fsp3) is 0.385. The zero-order valence-corrected chi connectivity index (χ0v) is 27.5. The summed E-state index contributed by atoms with van der Waals surface area (Å²) < 4.78 is 1.24. The largest absolute Gasteiger partial charge is 1.00 e. The van der Waals surface area contributed by atoms with Crippen LogP contribution >= 0.6 is 0 Å². The van der Waals surface area contributed by atoms with Gasteiger partial charge in [-0.2, -0.15) is 0 Å². The molecular formula is C26H34Cl2Si3Zr. The van der Waals surface area contributed by atoms with Gasteiger partial charge in [-0.05, 0) is 0 Å². The predicted octanol–water partition coefficient (Wildman–Crippen LogP) is 1.43. The minimum atomic E-state index is -1.69. The summed E-state index contributed by atoms with van der Waals surface area (Å²) in [5.41, 5.74) is 6.72. The second-order valence-corrected chi connectivity index (χ2v) is 31.9. The second-order valence-electron chi connectivity index (χ2n) is 12.0. The fourth-order valence-electron chi connectivity index (χ4n) is 6.36. The van der Waals surface area contributed by atoms with Crippen LogP contribution in [0, 0.1) is 0 Å². The van der Waals surface area contributed by atoms with Crippen LogP contribution in [-0.4, -0.2) is 24.2 Å². The van der Waals surface area contributed by atoms with Crippen molar-refractivity contribution in [3.05, 3.63) is 82.1 Å². The standard InChI is InChI=1S/C26H34Si3.2ClH.Zr/c1-27(2,3)23-18-24(22-16-12-11-15-21(22)23)29(7,8)25-17-19-13-9-10-14-20(19)26(25)28(4,5)6;;;/h9-18H,1-8H3;2*1H;/q;;;+2/p-2. The monoisotopic (exact) mass is 590 g/mol. The van der Waals surface area contributed by atoms with Gasteiger partial charge < -0.3 is 24.8 Å². The molecule has 0 saturated carbocycles. The summed E-state index contributed by atoms with van der Waals surface area (Å²) in [6.07, 6.45) is 2.90. The Morgan fingerprint density at radius 1 is 0.781 bits per heavy atom. The summed E-state index contributed by atoms with van der Waals surface area (Å²) in [6, 6.07) is 19.1. The summed E-state index contributed by atoms with van der Waals surface area (Å²) in [6.45, 7) is 20.9. The summed E-state index contributed by atoms with van der Waals surface area (Å²) in [4.78, 5) is 0. The molecule has 2 unspecified atom stereocenters. The molecule has 0 radical (unpaired) electrons. The first-order valence-corrected chi connectivity index (χ1v) is 24.0. The van der Waals surface area contributed by atoms with E-state index in [1.54, 1.807) is 27.5 Å². The molecule has 2 aromatic carbocycles. The molecule has 0 N–H and O–H groups in total. The maximum Gasteiger partial charge on any atom is -1.00 e. The zero-order valence-electron chi connectivity index (χ0n) is 20.5. The van der Waals surface area contributed by atoms with E-state index in [1.807, 2.05) is 10.4 Å². The van der Waals surface area contributed by atoms with Gasteiger partial charge in [0.25, 0.3) is 0 Å². The van der Waals surface area contributed by atoms with E-state index >= 15 is 0 Å². The summed E-state index contributed by atoms with van der Waals surface area (Å²) in [7, 11) is -4.52. The number of benzene rings is 2. The third-order valence-electron chi connectivity index (χ3n) is 7.69. The molecule has 0 amide bonds. The molecule has 3 aliphatic rings. The molecule has 1 saturated heterocycles. The number of hydrogen-bond acceptors (Lipinski definition) is 0. The molecule has 0 nitrogen and oxygen atoms in total. The number of fused-ring (bicyclic) bond motifs is 5. The third kappa shape index (κ3) is 3.50. The molecular weight excluding hydrogens is 559 g/mol. The van der Waals surface area contributed by atoms with Gasteiger partial charge in [0.05, 0.1) is 0 Å². The summed E-state index contributed by atoms with van der Waals surface area (Å²) in [5.74, 6) is 0. The van der Waals surface area contributed by atoms with Crippen LogP contribution in [0.1, 0.15) is 25.9 Å². The van der Waals surface area contributed by atoms with E-state index < -0.39 is 47.5 Å². The van der Waals surface area contributed by atoms with Gasteiger partial charge >= 0.3 is 199 Å². The fourth-order valence-corrected chi connectivity index (χ4v) is 28.7. The molecule has 2 aromatic rings. The normalized spacial score (nSPS) is 24.5. The van der Waals surface area contributed by atoms with Crippen molar-refractivity contribution in [2.75, 3.05) is 0 Å². The predicted molar refractivity (Wildman–Crippen MR) is 136 cm³/mol. The van der Waals surface area contributed by atoms with Crippen LogP contribution in [0.4, 0.5) is 0 Å². The van der Waals surface area contributed by atoms with E-state index in [4.69, 9.17) is 0 Å². The van der Waals surface area contributed by atoms with E-state index in [0.29, 0.717) is 2.75 Å². The van der Waals surface area contributed by atoms with Crippen LogP contribution < -0.4 is 24.8 Å². The Labute approximate surface area is 221 Å². The van der Waals surface area contributed by atoms with E-state index in [9.17, 15) is 0 Å². The average molecular weight is 593 g/mol. The molecule has 2 atom stereocenters. The molecule has 0 aromatic heterocycles. The maximum absolute atomic E-state index is 2.90. The minimum Gasteiger partial charge on any atom is -1.00 e. The van der Waals surface area contributed by atoms with E-state index in [1.165, 1.54) is 0 Å². The van der Waals surface area contributed by atoms with E-state index in [-0.39, 0.29) is 24.8 Å². The van der Waals surface area contributed by atoms with Crippen molar-refractivity contribution in [3.8, 4) is 0 Å². The van der Waals surface area contributed by atoms with Gasteiger partial charge in [0.1, 0.15) is 0 Å². The quantitative estimate of drug-likeness (QED) is 0.463. The Hall–Kier alpha value is 0.0338. The van der Waals surface area contributed by atoms with Crippen LogP contribution in [0.5, 0.6) is 0 Å². The topological polar surface area (TPSA) is 0 Å². The van der Waals surface area contributed by atoms with Crippen LogP contribution in [-0.2, 0) is 26.0 Å². The van der Waals surface area contributed by atoms with Gasteiger partial charge in [0, 0.05) is 0 Å². The molecule has 0 bridgehead atoms. The molecule has 6 heteroatoms. The van der Waals surface area contributed by atoms with Crippen molar-refractivity contribution in [2.45, 2.75) is 58.7 Å². The number of halogens is 2. The average Bonchev–Trinajstić information content (AvgIpc) is 3.24. The maximum atomic E-state index is 2.90. The van der Waals surface area contributed by atoms with Crippen molar-refractivity contribution in [3.63, 3.8) is 0 Å². The minimum absolute atomic E-state index is 0. The molecule has 2 aliphatic carbocycles. The Morgan fingerprint density at radius 2 is 1.34 bits per heavy atom. The second kappa shape index (κ2) is 8.31. The first-order chi connectivity index (χ1) is 13.9. The first kappa shape index (κ1) is 26.6. The summed E-state index contributed by atoms with van der Waals surface area (Å²) >= 11 is -0.763. The smallest absolute Gasteiger partial charge is 1.00 e. The van der Waals surface area contributed by atoms with Gasteiger partial charge in [-0.3, -0.25) is 0 Å². The molecule has 1 spiro atoms. The van der Waals surface area contributed by atoms with Gasteiger partial charge in [-0.25, -0.2) is 0 Å². The van der Waals surface area contributed by atoms with E-state index in [0.717, 1.165) is 3.63 Å². The van der Waals surface area contributed by atoms with Crippen molar-refractivity contribution in [2.24, 2.45) is 0 Å². The van der Waals surface area contributed by atoms with Crippen molar-refractivity contribution in [1.82, 2.24) is 0 Å². The first-order valence-electron chi connectivity index (χ1n) is 11.3. The van der Waals surface area contributed by atoms with Gasteiger partial charge in [-0.15, -0.1) is 0 Å². The van der Waals surface area contributed by atoms with Crippen molar-refractivity contribution >= 4 is 34.6 Å². The molecule has 1 fully saturated rings. The number of hydrogen-bond donors (Lipinski definition) is 0.